The van der Waals surface area contributed by atoms with Crippen molar-refractivity contribution in [3.8, 4) is 0 Å². The Balaban J connectivity index is 3.40. The maximum Gasteiger partial charge on any atom is 0.306 e. The van der Waals surface area contributed by atoms with Gasteiger partial charge in [0, 0.05) is 0 Å². The number of carbonyl (C=O) groups is 1. The van der Waals surface area contributed by atoms with E-state index >= 15 is 0 Å². The Morgan fingerprint density at radius 3 is 2.20 bits per heavy atom. The molecule has 0 aromatic heterocycles. The summed E-state index contributed by atoms with van der Waals surface area (Å²) >= 11 is 0. The normalized spacial score (nSPS) is 16.3. The lowest BCUT2D eigenvalue weighted by Gasteiger charge is -2.06. The number of rotatable bonds is 4. The highest BCUT2D eigenvalue weighted by Gasteiger charge is 2.10. The molecule has 0 heterocycles. The van der Waals surface area contributed by atoms with E-state index in [0.717, 1.165) is 0 Å². The summed E-state index contributed by atoms with van der Waals surface area (Å²) in [4.78, 5) is 10.2. The van der Waals surface area contributed by atoms with Crippen molar-refractivity contribution >= 4 is 5.97 Å². The van der Waals surface area contributed by atoms with Crippen LogP contribution in [0.5, 0.6) is 0 Å². The van der Waals surface area contributed by atoms with Crippen LogP contribution in [-0.2, 0) is 4.79 Å². The number of aliphatic carboxylic acids is 1. The summed E-state index contributed by atoms with van der Waals surface area (Å²) in [5.74, 6) is -1.13. The predicted molar refractivity (Wildman–Crippen MR) is 37.7 cm³/mol. The van der Waals surface area contributed by atoms with Crippen LogP contribution in [0.25, 0.3) is 0 Å². The van der Waals surface area contributed by atoms with Gasteiger partial charge in [-0.2, -0.15) is 0 Å². The van der Waals surface area contributed by atoms with Crippen LogP contribution in [0.4, 0.5) is 0 Å². The van der Waals surface area contributed by atoms with E-state index in [1.165, 1.54) is 0 Å². The molecule has 3 nitrogen and oxygen atoms in total. The van der Waals surface area contributed by atoms with Gasteiger partial charge in [-0.25, -0.2) is 0 Å². The Bertz CT molecular complexity index is 109. The summed E-state index contributed by atoms with van der Waals surface area (Å²) in [7, 11) is 0. The molecule has 0 aliphatic rings. The zero-order valence-corrected chi connectivity index (χ0v) is 6.37. The average molecular weight is 146 g/mol. The van der Waals surface area contributed by atoms with Crippen LogP contribution >= 0.6 is 0 Å². The average Bonchev–Trinajstić information content (AvgIpc) is 1.82. The van der Waals surface area contributed by atoms with Gasteiger partial charge in [-0.15, -0.1) is 0 Å². The molecule has 0 fully saturated rings. The predicted octanol–water partition coefficient (Wildman–Crippen LogP) is 0.868. The fraction of sp³-hybridized carbons (Fsp3) is 0.857. The van der Waals surface area contributed by atoms with Gasteiger partial charge in [0.2, 0.25) is 0 Å². The molecule has 60 valence electrons. The molecule has 0 spiro atoms. The van der Waals surface area contributed by atoms with E-state index in [9.17, 15) is 4.79 Å². The van der Waals surface area contributed by atoms with Crippen LogP contribution in [0.15, 0.2) is 0 Å². The second-order valence-corrected chi connectivity index (χ2v) is 2.67. The van der Waals surface area contributed by atoms with Crippen molar-refractivity contribution < 1.29 is 15.0 Å². The minimum absolute atomic E-state index is 0.338. The summed E-state index contributed by atoms with van der Waals surface area (Å²) in [6, 6.07) is 0. The van der Waals surface area contributed by atoms with Gasteiger partial charge in [0.15, 0.2) is 0 Å². The lowest BCUT2D eigenvalue weighted by atomic mass is 10.0. The standard InChI is InChI=1S/C7H14O3/c1-5(7(9)10)3-4-6(2)8/h5-6,8H,3-4H2,1-2H3,(H,9,10). The second-order valence-electron chi connectivity index (χ2n) is 2.67. The molecule has 3 heteroatoms. The van der Waals surface area contributed by atoms with Crippen molar-refractivity contribution in [1.29, 1.82) is 0 Å². The van der Waals surface area contributed by atoms with Crippen LogP contribution in [0, 0.1) is 5.92 Å². The third-order valence-electron chi connectivity index (χ3n) is 1.44. The molecule has 0 saturated carbocycles. The van der Waals surface area contributed by atoms with Gasteiger partial charge in [0.1, 0.15) is 0 Å². The van der Waals surface area contributed by atoms with E-state index in [2.05, 4.69) is 0 Å². The molecular weight excluding hydrogens is 132 g/mol. The lowest BCUT2D eigenvalue weighted by Crippen LogP contribution is -2.12. The van der Waals surface area contributed by atoms with Gasteiger partial charge in [0.05, 0.1) is 12.0 Å². The molecule has 0 aromatic rings. The number of aliphatic hydroxyl groups is 1. The molecule has 2 atom stereocenters. The van der Waals surface area contributed by atoms with Crippen molar-refractivity contribution in [3.05, 3.63) is 0 Å². The van der Waals surface area contributed by atoms with Crippen molar-refractivity contribution in [2.75, 3.05) is 0 Å². The highest BCUT2D eigenvalue weighted by Crippen LogP contribution is 2.07. The monoisotopic (exact) mass is 146 g/mol. The molecule has 2 unspecified atom stereocenters. The van der Waals surface area contributed by atoms with E-state index < -0.39 is 5.97 Å². The number of aliphatic hydroxyl groups excluding tert-OH is 1. The molecule has 0 rings (SSSR count). The van der Waals surface area contributed by atoms with E-state index in [1.807, 2.05) is 0 Å². The van der Waals surface area contributed by atoms with E-state index in [-0.39, 0.29) is 12.0 Å². The van der Waals surface area contributed by atoms with E-state index in [0.29, 0.717) is 12.8 Å². The first-order chi connectivity index (χ1) is 4.54. The van der Waals surface area contributed by atoms with E-state index in [1.54, 1.807) is 13.8 Å². The summed E-state index contributed by atoms with van der Waals surface area (Å²) in [6.07, 6.45) is 0.724. The first-order valence-electron chi connectivity index (χ1n) is 3.45. The smallest absolute Gasteiger partial charge is 0.306 e. The Hall–Kier alpha value is -0.570. The van der Waals surface area contributed by atoms with Crippen LogP contribution < -0.4 is 0 Å². The van der Waals surface area contributed by atoms with E-state index in [4.69, 9.17) is 10.2 Å². The third kappa shape index (κ3) is 4.32. The first kappa shape index (κ1) is 9.43. The number of carboxylic acids is 1. The van der Waals surface area contributed by atoms with Crippen molar-refractivity contribution in [1.82, 2.24) is 0 Å². The largest absolute Gasteiger partial charge is 0.481 e. The Morgan fingerprint density at radius 1 is 1.40 bits per heavy atom. The minimum Gasteiger partial charge on any atom is -0.481 e. The highest BCUT2D eigenvalue weighted by molar-refractivity contribution is 5.69. The molecule has 0 aliphatic heterocycles. The summed E-state index contributed by atoms with van der Waals surface area (Å²) in [5, 5.41) is 17.2. The Kier molecular flexibility index (Phi) is 4.03. The second kappa shape index (κ2) is 4.28. The number of hydrogen-bond acceptors (Lipinski definition) is 2. The zero-order valence-electron chi connectivity index (χ0n) is 6.37. The zero-order chi connectivity index (χ0) is 8.15. The SMILES string of the molecule is CC(O)CCC(C)C(=O)O. The molecule has 10 heavy (non-hydrogen) atoms. The van der Waals surface area contributed by atoms with Crippen LogP contribution in [0.1, 0.15) is 26.7 Å². The molecule has 0 saturated heterocycles. The van der Waals surface area contributed by atoms with Crippen molar-refractivity contribution in [2.24, 2.45) is 5.92 Å². The minimum atomic E-state index is -0.791. The molecule has 0 radical (unpaired) electrons. The van der Waals surface area contributed by atoms with Crippen molar-refractivity contribution in [2.45, 2.75) is 32.8 Å². The molecular formula is C7H14O3. The maximum absolute atomic E-state index is 10.2. The van der Waals surface area contributed by atoms with Crippen LogP contribution in [0.3, 0.4) is 0 Å². The van der Waals surface area contributed by atoms with Gasteiger partial charge < -0.3 is 10.2 Å². The molecule has 0 aromatic carbocycles. The van der Waals surface area contributed by atoms with Gasteiger partial charge in [-0.05, 0) is 19.8 Å². The number of carboxylic acid groups (broad SMARTS) is 1. The van der Waals surface area contributed by atoms with Gasteiger partial charge in [-0.1, -0.05) is 6.92 Å². The molecule has 0 aliphatic carbocycles. The highest BCUT2D eigenvalue weighted by atomic mass is 16.4. The van der Waals surface area contributed by atoms with Crippen molar-refractivity contribution in [3.63, 3.8) is 0 Å². The molecule has 0 bridgehead atoms. The topological polar surface area (TPSA) is 57.5 Å². The quantitative estimate of drug-likeness (QED) is 0.618. The van der Waals surface area contributed by atoms with Crippen LogP contribution in [0.2, 0.25) is 0 Å². The molecule has 2 N–H and O–H groups in total. The summed E-state index contributed by atoms with van der Waals surface area (Å²) < 4.78 is 0. The molecule has 0 amide bonds. The lowest BCUT2D eigenvalue weighted by molar-refractivity contribution is -0.141. The fourth-order valence-corrected chi connectivity index (χ4v) is 0.615. The maximum atomic E-state index is 10.2. The fourth-order valence-electron chi connectivity index (χ4n) is 0.615. The first-order valence-corrected chi connectivity index (χ1v) is 3.45. The summed E-state index contributed by atoms with van der Waals surface area (Å²) in [5.41, 5.74) is 0. The summed E-state index contributed by atoms with van der Waals surface area (Å²) in [6.45, 7) is 3.30. The van der Waals surface area contributed by atoms with Gasteiger partial charge in [0.25, 0.3) is 0 Å². The third-order valence-corrected chi connectivity index (χ3v) is 1.44. The van der Waals surface area contributed by atoms with Gasteiger partial charge in [-0.3, -0.25) is 4.79 Å². The van der Waals surface area contributed by atoms with Crippen LogP contribution in [-0.4, -0.2) is 22.3 Å². The van der Waals surface area contributed by atoms with Gasteiger partial charge >= 0.3 is 5.97 Å². The Labute approximate surface area is 60.7 Å². The number of hydrogen-bond donors (Lipinski definition) is 2. The Morgan fingerprint density at radius 2 is 1.90 bits per heavy atom.